The number of hydroxylamine groups is 1. The third-order valence-corrected chi connectivity index (χ3v) is 5.95. The van der Waals surface area contributed by atoms with Crippen LogP contribution in [0.2, 0.25) is 0 Å². The Labute approximate surface area is 185 Å². The highest BCUT2D eigenvalue weighted by atomic mass is 16.7. The summed E-state index contributed by atoms with van der Waals surface area (Å²) in [5, 5.41) is 11.7. The van der Waals surface area contributed by atoms with Gasteiger partial charge in [0.25, 0.3) is 5.91 Å². The second kappa shape index (κ2) is 8.01. The maximum absolute atomic E-state index is 13.5. The number of anilines is 1. The number of hydrogen-bond acceptors (Lipinski definition) is 6. The zero-order chi connectivity index (χ0) is 22.2. The lowest BCUT2D eigenvalue weighted by Crippen LogP contribution is -2.36. The highest BCUT2D eigenvalue weighted by Crippen LogP contribution is 2.48. The lowest BCUT2D eigenvalue weighted by Gasteiger charge is -2.29. The van der Waals surface area contributed by atoms with Crippen LogP contribution in [0.25, 0.3) is 0 Å². The molecule has 0 bridgehead atoms. The van der Waals surface area contributed by atoms with Gasteiger partial charge in [-0.15, -0.1) is 0 Å². The van der Waals surface area contributed by atoms with Crippen molar-refractivity contribution in [3.05, 3.63) is 90.0 Å². The molecule has 7 nitrogen and oxygen atoms in total. The van der Waals surface area contributed by atoms with E-state index >= 15 is 0 Å². The minimum atomic E-state index is -0.920. The Morgan fingerprint density at radius 3 is 2.31 bits per heavy atom. The van der Waals surface area contributed by atoms with Crippen molar-refractivity contribution in [3.63, 3.8) is 0 Å². The summed E-state index contributed by atoms with van der Waals surface area (Å²) in [6.07, 6.45) is -0.920. The number of benzene rings is 3. The second-order valence-corrected chi connectivity index (χ2v) is 7.84. The third-order valence-electron chi connectivity index (χ3n) is 5.95. The molecule has 2 heterocycles. The van der Waals surface area contributed by atoms with Crippen LogP contribution in [-0.4, -0.2) is 35.0 Å². The number of rotatable bonds is 5. The number of aromatic hydroxyl groups is 1. The average Bonchev–Trinajstić information content (AvgIpc) is 3.33. The number of ether oxygens (including phenoxy) is 1. The van der Waals surface area contributed by atoms with Crippen LogP contribution in [0.15, 0.2) is 78.9 Å². The van der Waals surface area contributed by atoms with Gasteiger partial charge >= 0.3 is 0 Å². The minimum absolute atomic E-state index is 0.00231. The number of nitrogens with zero attached hydrogens (tertiary/aromatic N) is 2. The molecule has 2 aliphatic heterocycles. The number of imide groups is 1. The normalized spacial score (nSPS) is 22.3. The Hall–Kier alpha value is -3.84. The molecule has 3 aromatic rings. The van der Waals surface area contributed by atoms with E-state index in [9.17, 15) is 14.7 Å². The SMILES string of the molecule is COc1cc([C@@H]2[C@H]3C(=O)N(Cc4ccccc4)C(=O)[C@H]3ON2c2ccccc2)ccc1O. The summed E-state index contributed by atoms with van der Waals surface area (Å²) >= 11 is 0. The molecule has 3 atom stereocenters. The molecule has 0 aliphatic carbocycles. The van der Waals surface area contributed by atoms with E-state index in [0.29, 0.717) is 5.56 Å². The molecule has 5 rings (SSSR count). The number of fused-ring (bicyclic) bond motifs is 1. The molecule has 2 amide bonds. The third kappa shape index (κ3) is 3.27. The number of carbonyl (C=O) groups is 2. The van der Waals surface area contributed by atoms with Crippen LogP contribution in [0.3, 0.4) is 0 Å². The minimum Gasteiger partial charge on any atom is -0.504 e. The van der Waals surface area contributed by atoms with Crippen molar-refractivity contribution in [1.82, 2.24) is 4.90 Å². The molecule has 162 valence electrons. The number of phenols is 1. The van der Waals surface area contributed by atoms with Gasteiger partial charge in [0.1, 0.15) is 5.92 Å². The van der Waals surface area contributed by atoms with Crippen molar-refractivity contribution < 1.29 is 24.3 Å². The van der Waals surface area contributed by atoms with Crippen LogP contribution in [-0.2, 0) is 21.0 Å². The molecular formula is C25H22N2O5. The molecule has 3 aromatic carbocycles. The van der Waals surface area contributed by atoms with E-state index in [0.717, 1.165) is 11.3 Å². The summed E-state index contributed by atoms with van der Waals surface area (Å²) in [5.74, 6) is -1.06. The Bertz CT molecular complexity index is 1150. The van der Waals surface area contributed by atoms with E-state index in [1.807, 2.05) is 60.7 Å². The largest absolute Gasteiger partial charge is 0.504 e. The van der Waals surface area contributed by atoms with Gasteiger partial charge in [-0.2, -0.15) is 0 Å². The van der Waals surface area contributed by atoms with Gasteiger partial charge in [-0.25, -0.2) is 5.06 Å². The van der Waals surface area contributed by atoms with E-state index in [2.05, 4.69) is 0 Å². The van der Waals surface area contributed by atoms with Crippen molar-refractivity contribution in [3.8, 4) is 11.5 Å². The number of amides is 2. The summed E-state index contributed by atoms with van der Waals surface area (Å²) in [6, 6.07) is 23.1. The van der Waals surface area contributed by atoms with Crippen LogP contribution in [0.4, 0.5) is 5.69 Å². The van der Waals surface area contributed by atoms with Crippen LogP contribution >= 0.6 is 0 Å². The van der Waals surface area contributed by atoms with E-state index < -0.39 is 18.1 Å². The quantitative estimate of drug-likeness (QED) is 0.625. The maximum Gasteiger partial charge on any atom is 0.262 e. The van der Waals surface area contributed by atoms with Gasteiger partial charge < -0.3 is 9.84 Å². The van der Waals surface area contributed by atoms with Gasteiger partial charge in [-0.1, -0.05) is 54.6 Å². The standard InChI is InChI=1S/C25H22N2O5/c1-31-20-14-17(12-13-19(20)28)22-21-23(32-27(22)18-10-6-3-7-11-18)25(30)26(24(21)29)15-16-8-4-2-5-9-16/h2-14,21-23,28H,15H2,1H3/t21-,22-,23+/m1/s1. The summed E-state index contributed by atoms with van der Waals surface area (Å²) in [4.78, 5) is 34.1. The van der Waals surface area contributed by atoms with E-state index in [1.165, 1.54) is 18.1 Å². The molecule has 0 saturated carbocycles. The smallest absolute Gasteiger partial charge is 0.262 e. The predicted molar refractivity (Wildman–Crippen MR) is 117 cm³/mol. The molecule has 32 heavy (non-hydrogen) atoms. The molecule has 0 unspecified atom stereocenters. The maximum atomic E-state index is 13.5. The van der Waals surface area contributed by atoms with Crippen molar-refractivity contribution >= 4 is 17.5 Å². The van der Waals surface area contributed by atoms with Crippen LogP contribution in [0, 0.1) is 5.92 Å². The lowest BCUT2D eigenvalue weighted by atomic mass is 9.90. The van der Waals surface area contributed by atoms with Crippen molar-refractivity contribution in [2.24, 2.45) is 5.92 Å². The molecule has 0 aromatic heterocycles. The molecule has 2 fully saturated rings. The zero-order valence-electron chi connectivity index (χ0n) is 17.4. The van der Waals surface area contributed by atoms with Crippen molar-refractivity contribution in [2.75, 3.05) is 12.2 Å². The molecule has 7 heteroatoms. The number of hydrogen-bond donors (Lipinski definition) is 1. The highest BCUT2D eigenvalue weighted by molar-refractivity contribution is 6.07. The van der Waals surface area contributed by atoms with E-state index in [1.54, 1.807) is 17.2 Å². The zero-order valence-corrected chi connectivity index (χ0v) is 17.4. The number of para-hydroxylation sites is 1. The fraction of sp³-hybridized carbons (Fsp3) is 0.200. The summed E-state index contributed by atoms with van der Waals surface area (Å²) < 4.78 is 5.27. The van der Waals surface area contributed by atoms with Gasteiger partial charge in [0.15, 0.2) is 17.6 Å². The van der Waals surface area contributed by atoms with Gasteiger partial charge in [0.05, 0.1) is 25.4 Å². The fourth-order valence-corrected chi connectivity index (χ4v) is 4.41. The topological polar surface area (TPSA) is 79.3 Å². The highest BCUT2D eigenvalue weighted by Gasteiger charge is 2.59. The van der Waals surface area contributed by atoms with Crippen molar-refractivity contribution in [1.29, 1.82) is 0 Å². The van der Waals surface area contributed by atoms with Crippen LogP contribution < -0.4 is 9.80 Å². The van der Waals surface area contributed by atoms with Gasteiger partial charge in [-0.3, -0.25) is 19.3 Å². The molecule has 2 saturated heterocycles. The monoisotopic (exact) mass is 430 g/mol. The first-order valence-corrected chi connectivity index (χ1v) is 10.4. The van der Waals surface area contributed by atoms with Crippen molar-refractivity contribution in [2.45, 2.75) is 18.7 Å². The number of methoxy groups -OCH3 is 1. The average molecular weight is 430 g/mol. The molecule has 0 radical (unpaired) electrons. The van der Waals surface area contributed by atoms with Gasteiger partial charge in [-0.05, 0) is 35.4 Å². The predicted octanol–water partition coefficient (Wildman–Crippen LogP) is 3.45. The van der Waals surface area contributed by atoms with Crippen LogP contribution in [0.5, 0.6) is 11.5 Å². The Kier molecular flexibility index (Phi) is 5.03. The summed E-state index contributed by atoms with van der Waals surface area (Å²) in [6.45, 7) is 0.200. The Balaban J connectivity index is 1.55. The summed E-state index contributed by atoms with van der Waals surface area (Å²) in [5.41, 5.74) is 2.31. The first-order valence-electron chi connectivity index (χ1n) is 10.4. The molecule has 2 aliphatic rings. The fourth-order valence-electron chi connectivity index (χ4n) is 4.41. The van der Waals surface area contributed by atoms with Gasteiger partial charge in [0.2, 0.25) is 5.91 Å². The Morgan fingerprint density at radius 2 is 1.62 bits per heavy atom. The number of carbonyl (C=O) groups excluding carboxylic acids is 2. The first-order chi connectivity index (χ1) is 15.6. The lowest BCUT2D eigenvalue weighted by molar-refractivity contribution is -0.143. The van der Waals surface area contributed by atoms with E-state index in [-0.39, 0.29) is 29.9 Å². The van der Waals surface area contributed by atoms with Gasteiger partial charge in [0, 0.05) is 0 Å². The summed E-state index contributed by atoms with van der Waals surface area (Å²) in [7, 11) is 1.47. The van der Waals surface area contributed by atoms with E-state index in [4.69, 9.17) is 9.57 Å². The number of likely N-dealkylation sites (tertiary alicyclic amines) is 1. The molecule has 0 spiro atoms. The second-order valence-electron chi connectivity index (χ2n) is 7.84. The number of phenolic OH excluding ortho intramolecular Hbond substituents is 1. The Morgan fingerprint density at radius 1 is 0.938 bits per heavy atom. The van der Waals surface area contributed by atoms with Crippen LogP contribution in [0.1, 0.15) is 17.2 Å². The molecular weight excluding hydrogens is 408 g/mol. The first kappa shape index (κ1) is 20.1. The molecule has 1 N–H and O–H groups in total.